The highest BCUT2D eigenvalue weighted by Gasteiger charge is 2.16. The molecule has 1 N–H and O–H groups in total. The number of amides is 1. The maximum absolute atomic E-state index is 11.3. The van der Waals surface area contributed by atoms with Crippen LogP contribution in [0.4, 0.5) is 0 Å². The summed E-state index contributed by atoms with van der Waals surface area (Å²) in [4.78, 5) is 12.8. The summed E-state index contributed by atoms with van der Waals surface area (Å²) in [6, 6.07) is 9.84. The van der Waals surface area contributed by atoms with Crippen molar-refractivity contribution in [3.8, 4) is 0 Å². The summed E-state index contributed by atoms with van der Waals surface area (Å²) in [6.07, 6.45) is 0.308. The van der Waals surface area contributed by atoms with Gasteiger partial charge in [0.25, 0.3) is 5.91 Å². The summed E-state index contributed by atoms with van der Waals surface area (Å²) in [7, 11) is 3.29. The highest BCUT2D eigenvalue weighted by atomic mass is 16.3. The van der Waals surface area contributed by atoms with Crippen molar-refractivity contribution >= 4 is 5.91 Å². The first-order valence-corrected chi connectivity index (χ1v) is 5.04. The lowest BCUT2D eigenvalue weighted by Crippen LogP contribution is -2.33. The molecule has 3 heteroatoms. The van der Waals surface area contributed by atoms with Crippen LogP contribution in [0.3, 0.4) is 0 Å². The molecule has 1 rings (SSSR count). The fourth-order valence-electron chi connectivity index (χ4n) is 1.37. The van der Waals surface area contributed by atoms with E-state index in [-0.39, 0.29) is 5.91 Å². The number of aliphatic hydroxyl groups is 1. The molecule has 0 bridgehead atoms. The van der Waals surface area contributed by atoms with E-state index in [2.05, 4.69) is 0 Å². The van der Waals surface area contributed by atoms with Crippen molar-refractivity contribution in [2.75, 3.05) is 14.1 Å². The number of aliphatic hydroxyl groups excluding tert-OH is 1. The Hall–Kier alpha value is -1.35. The molecule has 1 amide bonds. The molecule has 3 nitrogen and oxygen atoms in total. The van der Waals surface area contributed by atoms with Gasteiger partial charge in [0.2, 0.25) is 0 Å². The SMILES string of the molecule is CN(C)C(=O)C(O)CCc1ccccc1. The van der Waals surface area contributed by atoms with Crippen LogP contribution in [0.2, 0.25) is 0 Å². The molecule has 0 saturated heterocycles. The fraction of sp³-hybridized carbons (Fsp3) is 0.417. The molecule has 1 unspecified atom stereocenters. The standard InChI is InChI=1S/C12H17NO2/c1-13(2)12(15)11(14)9-8-10-6-4-3-5-7-10/h3-7,11,14H,8-9H2,1-2H3. The van der Waals surface area contributed by atoms with Gasteiger partial charge >= 0.3 is 0 Å². The van der Waals surface area contributed by atoms with E-state index in [0.717, 1.165) is 12.0 Å². The summed E-state index contributed by atoms with van der Waals surface area (Å²) >= 11 is 0. The fourth-order valence-corrected chi connectivity index (χ4v) is 1.37. The lowest BCUT2D eigenvalue weighted by molar-refractivity contribution is -0.137. The summed E-state index contributed by atoms with van der Waals surface area (Å²) < 4.78 is 0. The van der Waals surface area contributed by atoms with Crippen molar-refractivity contribution < 1.29 is 9.90 Å². The van der Waals surface area contributed by atoms with Crippen molar-refractivity contribution in [1.82, 2.24) is 4.90 Å². The van der Waals surface area contributed by atoms with Gasteiger partial charge in [0.15, 0.2) is 0 Å². The molecule has 0 radical (unpaired) electrons. The van der Waals surface area contributed by atoms with Gasteiger partial charge in [-0.3, -0.25) is 4.79 Å². The van der Waals surface area contributed by atoms with E-state index >= 15 is 0 Å². The Morgan fingerprint density at radius 3 is 2.47 bits per heavy atom. The van der Waals surface area contributed by atoms with Crippen molar-refractivity contribution in [2.24, 2.45) is 0 Å². The lowest BCUT2D eigenvalue weighted by Gasteiger charge is -2.15. The molecule has 1 aromatic carbocycles. The van der Waals surface area contributed by atoms with Crippen molar-refractivity contribution in [2.45, 2.75) is 18.9 Å². The molecule has 0 aliphatic rings. The van der Waals surface area contributed by atoms with Gasteiger partial charge in [-0.25, -0.2) is 0 Å². The predicted molar refractivity (Wildman–Crippen MR) is 59.5 cm³/mol. The Labute approximate surface area is 90.3 Å². The first-order valence-electron chi connectivity index (χ1n) is 5.04. The molecule has 0 fully saturated rings. The zero-order valence-corrected chi connectivity index (χ0v) is 9.18. The Morgan fingerprint density at radius 2 is 1.93 bits per heavy atom. The van der Waals surface area contributed by atoms with E-state index in [0.29, 0.717) is 6.42 Å². The lowest BCUT2D eigenvalue weighted by atomic mass is 10.1. The van der Waals surface area contributed by atoms with Crippen LogP contribution in [0, 0.1) is 0 Å². The zero-order valence-electron chi connectivity index (χ0n) is 9.18. The van der Waals surface area contributed by atoms with Gasteiger partial charge in [-0.2, -0.15) is 0 Å². The van der Waals surface area contributed by atoms with Crippen LogP contribution in [0.1, 0.15) is 12.0 Å². The third kappa shape index (κ3) is 3.72. The molecule has 0 saturated carbocycles. The number of aryl methyl sites for hydroxylation is 1. The summed E-state index contributed by atoms with van der Waals surface area (Å²) in [6.45, 7) is 0. The third-order valence-corrected chi connectivity index (χ3v) is 2.28. The molecule has 15 heavy (non-hydrogen) atoms. The first-order chi connectivity index (χ1) is 7.11. The van der Waals surface area contributed by atoms with Gasteiger partial charge < -0.3 is 10.0 Å². The smallest absolute Gasteiger partial charge is 0.250 e. The number of benzene rings is 1. The minimum Gasteiger partial charge on any atom is -0.383 e. The Bertz CT molecular complexity index is 309. The van der Waals surface area contributed by atoms with Gasteiger partial charge in [-0.1, -0.05) is 30.3 Å². The molecule has 82 valence electrons. The molecule has 1 aromatic rings. The number of rotatable bonds is 4. The highest BCUT2D eigenvalue weighted by Crippen LogP contribution is 2.06. The minimum atomic E-state index is -0.889. The molecule has 0 aromatic heterocycles. The van der Waals surface area contributed by atoms with Crippen LogP contribution >= 0.6 is 0 Å². The van der Waals surface area contributed by atoms with Crippen LogP contribution < -0.4 is 0 Å². The predicted octanol–water partition coefficient (Wildman–Crippen LogP) is 1.07. The third-order valence-electron chi connectivity index (χ3n) is 2.28. The largest absolute Gasteiger partial charge is 0.383 e. The van der Waals surface area contributed by atoms with E-state index < -0.39 is 6.10 Å². The molecule has 0 aliphatic heterocycles. The molecule has 0 aliphatic carbocycles. The average Bonchev–Trinajstić information content (AvgIpc) is 2.26. The van der Waals surface area contributed by atoms with E-state index in [1.165, 1.54) is 4.90 Å². The number of hydrogen-bond donors (Lipinski definition) is 1. The molecule has 0 spiro atoms. The minimum absolute atomic E-state index is 0.231. The van der Waals surface area contributed by atoms with E-state index in [4.69, 9.17) is 0 Å². The number of carbonyl (C=O) groups excluding carboxylic acids is 1. The molecule has 0 heterocycles. The Balaban J connectivity index is 2.41. The van der Waals surface area contributed by atoms with Gasteiger partial charge in [-0.15, -0.1) is 0 Å². The maximum Gasteiger partial charge on any atom is 0.250 e. The number of hydrogen-bond acceptors (Lipinski definition) is 2. The number of carbonyl (C=O) groups is 1. The van der Waals surface area contributed by atoms with Crippen molar-refractivity contribution in [1.29, 1.82) is 0 Å². The van der Waals surface area contributed by atoms with Gasteiger partial charge in [0, 0.05) is 14.1 Å². The monoisotopic (exact) mass is 207 g/mol. The second-order valence-corrected chi connectivity index (χ2v) is 3.77. The van der Waals surface area contributed by atoms with Crippen LogP contribution in [-0.2, 0) is 11.2 Å². The summed E-state index contributed by atoms with van der Waals surface area (Å²) in [5.74, 6) is -0.231. The summed E-state index contributed by atoms with van der Waals surface area (Å²) in [5.41, 5.74) is 1.14. The Kier molecular flexibility index (Phi) is 4.31. The molecular formula is C12H17NO2. The normalized spacial score (nSPS) is 12.2. The van der Waals surface area contributed by atoms with Crippen LogP contribution in [0.5, 0.6) is 0 Å². The topological polar surface area (TPSA) is 40.5 Å². The van der Waals surface area contributed by atoms with Gasteiger partial charge in [0.1, 0.15) is 6.10 Å². The van der Waals surface area contributed by atoms with Gasteiger partial charge in [-0.05, 0) is 18.4 Å². The number of nitrogens with zero attached hydrogens (tertiary/aromatic N) is 1. The highest BCUT2D eigenvalue weighted by molar-refractivity contribution is 5.80. The van der Waals surface area contributed by atoms with E-state index in [1.54, 1.807) is 14.1 Å². The van der Waals surface area contributed by atoms with E-state index in [9.17, 15) is 9.90 Å². The second kappa shape index (κ2) is 5.51. The van der Waals surface area contributed by atoms with E-state index in [1.807, 2.05) is 30.3 Å². The van der Waals surface area contributed by atoms with Crippen LogP contribution in [0.15, 0.2) is 30.3 Å². The molecular weight excluding hydrogens is 190 g/mol. The average molecular weight is 207 g/mol. The second-order valence-electron chi connectivity index (χ2n) is 3.77. The van der Waals surface area contributed by atoms with Crippen molar-refractivity contribution in [3.05, 3.63) is 35.9 Å². The first kappa shape index (κ1) is 11.7. The number of likely N-dealkylation sites (N-methyl/N-ethyl adjacent to an activating group) is 1. The van der Waals surface area contributed by atoms with Gasteiger partial charge in [0.05, 0.1) is 0 Å². The van der Waals surface area contributed by atoms with Crippen LogP contribution in [0.25, 0.3) is 0 Å². The van der Waals surface area contributed by atoms with Crippen LogP contribution in [-0.4, -0.2) is 36.1 Å². The quantitative estimate of drug-likeness (QED) is 0.802. The van der Waals surface area contributed by atoms with Crippen molar-refractivity contribution in [3.63, 3.8) is 0 Å². The summed E-state index contributed by atoms with van der Waals surface area (Å²) in [5, 5.41) is 9.56. The maximum atomic E-state index is 11.3. The zero-order chi connectivity index (χ0) is 11.3. The Morgan fingerprint density at radius 1 is 1.33 bits per heavy atom. The molecule has 1 atom stereocenters.